The largest absolute Gasteiger partial charge is 0.314 e. The van der Waals surface area contributed by atoms with Crippen LogP contribution in [-0.4, -0.2) is 12.6 Å². The van der Waals surface area contributed by atoms with Crippen LogP contribution in [0.25, 0.3) is 0 Å². The highest BCUT2D eigenvalue weighted by molar-refractivity contribution is 7.07. The molecule has 0 spiro atoms. The van der Waals surface area contributed by atoms with Crippen LogP contribution in [0.2, 0.25) is 0 Å². The minimum absolute atomic E-state index is 0.783. The Morgan fingerprint density at radius 2 is 2.24 bits per heavy atom. The van der Waals surface area contributed by atoms with Gasteiger partial charge in [0.1, 0.15) is 0 Å². The molecule has 0 saturated heterocycles. The summed E-state index contributed by atoms with van der Waals surface area (Å²) in [5.41, 5.74) is 1.49. The Kier molecular flexibility index (Phi) is 5.53. The van der Waals surface area contributed by atoms with Crippen LogP contribution in [0.3, 0.4) is 0 Å². The van der Waals surface area contributed by atoms with Crippen LogP contribution >= 0.6 is 11.3 Å². The molecular formula is C15H25NS. The summed E-state index contributed by atoms with van der Waals surface area (Å²) in [5, 5.41) is 8.19. The SMILES string of the molecule is CCC1CCCC(NCCc2ccsc2)CC1. The van der Waals surface area contributed by atoms with Gasteiger partial charge in [-0.25, -0.2) is 0 Å². The molecule has 2 heteroatoms. The highest BCUT2D eigenvalue weighted by atomic mass is 32.1. The highest BCUT2D eigenvalue weighted by Gasteiger charge is 2.16. The van der Waals surface area contributed by atoms with E-state index >= 15 is 0 Å². The van der Waals surface area contributed by atoms with Crippen LogP contribution in [0, 0.1) is 5.92 Å². The summed E-state index contributed by atoms with van der Waals surface area (Å²) in [6.45, 7) is 3.49. The molecule has 0 aliphatic heterocycles. The van der Waals surface area contributed by atoms with Crippen LogP contribution in [0.5, 0.6) is 0 Å². The average Bonchev–Trinajstić information content (AvgIpc) is 2.75. The maximum Gasteiger partial charge on any atom is 0.00672 e. The molecule has 1 heterocycles. The molecule has 96 valence electrons. The molecule has 2 rings (SSSR count). The summed E-state index contributed by atoms with van der Waals surface area (Å²) in [7, 11) is 0. The van der Waals surface area contributed by atoms with Gasteiger partial charge in [-0.15, -0.1) is 0 Å². The van der Waals surface area contributed by atoms with E-state index in [1.165, 1.54) is 50.5 Å². The molecule has 0 bridgehead atoms. The Bertz CT molecular complexity index is 294. The summed E-state index contributed by atoms with van der Waals surface area (Å²) < 4.78 is 0. The van der Waals surface area contributed by atoms with Crippen molar-refractivity contribution in [3.8, 4) is 0 Å². The molecule has 1 N–H and O–H groups in total. The van der Waals surface area contributed by atoms with Crippen molar-refractivity contribution in [2.75, 3.05) is 6.54 Å². The predicted octanol–water partition coefficient (Wildman–Crippen LogP) is 4.24. The van der Waals surface area contributed by atoms with Gasteiger partial charge in [0.2, 0.25) is 0 Å². The molecule has 1 aromatic rings. The smallest absolute Gasteiger partial charge is 0.00672 e. The molecular weight excluding hydrogens is 226 g/mol. The van der Waals surface area contributed by atoms with Gasteiger partial charge in [0.15, 0.2) is 0 Å². The molecule has 1 saturated carbocycles. The summed E-state index contributed by atoms with van der Waals surface area (Å²) in [5.74, 6) is 0.999. The van der Waals surface area contributed by atoms with Crippen LogP contribution in [0.1, 0.15) is 51.0 Å². The Morgan fingerprint density at radius 1 is 1.29 bits per heavy atom. The zero-order valence-electron chi connectivity index (χ0n) is 11.0. The van der Waals surface area contributed by atoms with Crippen LogP contribution < -0.4 is 5.32 Å². The summed E-state index contributed by atoms with van der Waals surface area (Å²) in [4.78, 5) is 0. The first-order valence-electron chi connectivity index (χ1n) is 7.13. The van der Waals surface area contributed by atoms with E-state index < -0.39 is 0 Å². The molecule has 17 heavy (non-hydrogen) atoms. The van der Waals surface area contributed by atoms with Crippen molar-refractivity contribution in [3.63, 3.8) is 0 Å². The first kappa shape index (κ1) is 13.1. The van der Waals surface area contributed by atoms with Gasteiger partial charge >= 0.3 is 0 Å². The van der Waals surface area contributed by atoms with E-state index in [-0.39, 0.29) is 0 Å². The van der Waals surface area contributed by atoms with E-state index in [4.69, 9.17) is 0 Å². The van der Waals surface area contributed by atoms with Gasteiger partial charge < -0.3 is 5.32 Å². The van der Waals surface area contributed by atoms with Crippen molar-refractivity contribution >= 4 is 11.3 Å². The van der Waals surface area contributed by atoms with Crippen molar-refractivity contribution in [1.29, 1.82) is 0 Å². The standard InChI is InChI=1S/C15H25NS/c1-2-13-4-3-5-15(7-6-13)16-10-8-14-9-11-17-12-14/h9,11-13,15-16H,2-8,10H2,1H3. The van der Waals surface area contributed by atoms with Crippen LogP contribution in [0.4, 0.5) is 0 Å². The topological polar surface area (TPSA) is 12.0 Å². The molecule has 0 aromatic carbocycles. The van der Waals surface area contributed by atoms with Gasteiger partial charge in [0.25, 0.3) is 0 Å². The van der Waals surface area contributed by atoms with Crippen LogP contribution in [0.15, 0.2) is 16.8 Å². The fourth-order valence-electron chi connectivity index (χ4n) is 2.85. The van der Waals surface area contributed by atoms with Gasteiger partial charge in [0, 0.05) is 6.04 Å². The van der Waals surface area contributed by atoms with Gasteiger partial charge in [-0.3, -0.25) is 0 Å². The molecule has 0 amide bonds. The third kappa shape index (κ3) is 4.44. The number of hydrogen-bond donors (Lipinski definition) is 1. The van der Waals surface area contributed by atoms with Gasteiger partial charge in [-0.05, 0) is 60.5 Å². The van der Waals surface area contributed by atoms with Gasteiger partial charge in [-0.1, -0.05) is 26.2 Å². The first-order chi connectivity index (χ1) is 8.38. The van der Waals surface area contributed by atoms with Gasteiger partial charge in [-0.2, -0.15) is 11.3 Å². The maximum atomic E-state index is 3.75. The molecule has 2 atom stereocenters. The number of nitrogens with one attached hydrogen (secondary N) is 1. The summed E-state index contributed by atoms with van der Waals surface area (Å²) in [6.07, 6.45) is 9.67. The quantitative estimate of drug-likeness (QED) is 0.772. The minimum atomic E-state index is 0.783. The van der Waals surface area contributed by atoms with Crippen molar-refractivity contribution in [1.82, 2.24) is 5.32 Å². The molecule has 1 aliphatic carbocycles. The minimum Gasteiger partial charge on any atom is -0.314 e. The maximum absolute atomic E-state index is 3.75. The second-order valence-corrected chi connectivity index (χ2v) is 6.10. The zero-order valence-corrected chi connectivity index (χ0v) is 11.8. The molecule has 0 radical (unpaired) electrons. The lowest BCUT2D eigenvalue weighted by Crippen LogP contribution is -2.30. The fraction of sp³-hybridized carbons (Fsp3) is 0.733. The van der Waals surface area contributed by atoms with Crippen LogP contribution in [-0.2, 0) is 6.42 Å². The van der Waals surface area contributed by atoms with E-state index in [1.807, 2.05) is 0 Å². The Balaban J connectivity index is 1.65. The second kappa shape index (κ2) is 7.17. The van der Waals surface area contributed by atoms with E-state index in [9.17, 15) is 0 Å². The average molecular weight is 251 g/mol. The number of thiophene rings is 1. The second-order valence-electron chi connectivity index (χ2n) is 5.32. The molecule has 2 unspecified atom stereocenters. The molecule has 1 aliphatic rings. The Hall–Kier alpha value is -0.340. The number of hydrogen-bond acceptors (Lipinski definition) is 2. The highest BCUT2D eigenvalue weighted by Crippen LogP contribution is 2.25. The van der Waals surface area contributed by atoms with Crippen molar-refractivity contribution in [2.24, 2.45) is 5.92 Å². The lowest BCUT2D eigenvalue weighted by atomic mass is 9.98. The first-order valence-corrected chi connectivity index (χ1v) is 8.07. The predicted molar refractivity (Wildman–Crippen MR) is 76.7 cm³/mol. The van der Waals surface area contributed by atoms with E-state index in [0.29, 0.717) is 0 Å². The monoisotopic (exact) mass is 251 g/mol. The van der Waals surface area contributed by atoms with Crippen molar-refractivity contribution in [3.05, 3.63) is 22.4 Å². The third-order valence-electron chi connectivity index (χ3n) is 4.09. The Morgan fingerprint density at radius 3 is 3.00 bits per heavy atom. The van der Waals surface area contributed by atoms with E-state index in [2.05, 4.69) is 29.1 Å². The third-order valence-corrected chi connectivity index (χ3v) is 4.82. The lowest BCUT2D eigenvalue weighted by molar-refractivity contribution is 0.427. The zero-order chi connectivity index (χ0) is 11.9. The normalized spacial score (nSPS) is 25.7. The molecule has 1 nitrogen and oxygen atoms in total. The number of rotatable bonds is 5. The molecule has 1 aromatic heterocycles. The van der Waals surface area contributed by atoms with Crippen molar-refractivity contribution in [2.45, 2.75) is 57.9 Å². The fourth-order valence-corrected chi connectivity index (χ4v) is 3.55. The van der Waals surface area contributed by atoms with E-state index in [1.54, 1.807) is 11.3 Å². The van der Waals surface area contributed by atoms with Gasteiger partial charge in [0.05, 0.1) is 0 Å². The summed E-state index contributed by atoms with van der Waals surface area (Å²) >= 11 is 1.80. The lowest BCUT2D eigenvalue weighted by Gasteiger charge is -2.16. The van der Waals surface area contributed by atoms with Crippen molar-refractivity contribution < 1.29 is 0 Å². The Labute approximate surface area is 110 Å². The summed E-state index contributed by atoms with van der Waals surface area (Å²) in [6, 6.07) is 3.03. The van der Waals surface area contributed by atoms with E-state index in [0.717, 1.165) is 18.5 Å². The molecule has 1 fully saturated rings.